The van der Waals surface area contributed by atoms with Crippen LogP contribution in [0, 0.1) is 51.1 Å². The van der Waals surface area contributed by atoms with Crippen LogP contribution in [0.4, 0.5) is 18.9 Å². The standard InChI is InChI=1S/C18H18F2N2.C18H19FN4.C4H10.C2H6/c1-10(2)22-18-11(3)6-14(7-17(18)20)12(4)16-8-15(19)9-21-13(16)5;1-10(2)23-13(5)22-17-9-21-16(7-18(17)23)11(3)15-6-14(19)8-20-12(15)4;1-4(2)3;1-2/h6-9H,4H2,1-3,5H3;6-10H,3H2,1-2,4-5H3;4H,1-3H3;1-2H3. The first-order valence-electron chi connectivity index (χ1n) is 17.2. The summed E-state index contributed by atoms with van der Waals surface area (Å²) < 4.78 is 43.4. The molecule has 0 aliphatic heterocycles. The van der Waals surface area contributed by atoms with E-state index in [1.807, 2.05) is 47.6 Å². The van der Waals surface area contributed by atoms with Crippen molar-refractivity contribution >= 4 is 33.6 Å². The number of pyridine rings is 3. The van der Waals surface area contributed by atoms with E-state index < -0.39 is 11.6 Å². The first-order valence-corrected chi connectivity index (χ1v) is 17.2. The van der Waals surface area contributed by atoms with Crippen LogP contribution in [0.3, 0.4) is 0 Å². The zero-order valence-corrected chi connectivity index (χ0v) is 32.5. The van der Waals surface area contributed by atoms with E-state index in [9.17, 15) is 13.2 Å². The van der Waals surface area contributed by atoms with Crippen LogP contribution in [0.2, 0.25) is 0 Å². The highest BCUT2D eigenvalue weighted by molar-refractivity contribution is 5.85. The molecule has 5 rings (SSSR count). The quantitative estimate of drug-likeness (QED) is 0.166. The fourth-order valence-corrected chi connectivity index (χ4v) is 5.13. The number of aliphatic imine (C=N–C) groups is 1. The lowest BCUT2D eigenvalue weighted by Crippen LogP contribution is -2.03. The van der Waals surface area contributed by atoms with Gasteiger partial charge in [-0.15, -0.1) is 0 Å². The van der Waals surface area contributed by atoms with Gasteiger partial charge in [-0.1, -0.05) is 47.8 Å². The summed E-state index contributed by atoms with van der Waals surface area (Å²) in [7, 11) is 0. The van der Waals surface area contributed by atoms with Crippen LogP contribution in [0.15, 0.2) is 67.1 Å². The average molecular weight is 699 g/mol. The Bertz CT molecular complexity index is 1990. The number of aromatic nitrogens is 5. The third-order valence-electron chi connectivity index (χ3n) is 7.27. The van der Waals surface area contributed by atoms with Gasteiger partial charge >= 0.3 is 0 Å². The third-order valence-corrected chi connectivity index (χ3v) is 7.27. The summed E-state index contributed by atoms with van der Waals surface area (Å²) >= 11 is 0. The van der Waals surface area contributed by atoms with Crippen LogP contribution in [-0.2, 0) is 0 Å². The molecule has 6 nitrogen and oxygen atoms in total. The Hall–Kier alpha value is -4.92. The normalized spacial score (nSPS) is 10.5. The van der Waals surface area contributed by atoms with Crippen LogP contribution in [-0.4, -0.2) is 30.2 Å². The van der Waals surface area contributed by atoms with Crippen LogP contribution < -0.4 is 0 Å². The molecule has 5 aromatic rings. The van der Waals surface area contributed by atoms with Crippen molar-refractivity contribution in [1.29, 1.82) is 0 Å². The number of nitrogens with zero attached hydrogens (tertiary/aromatic N) is 6. The number of fused-ring (bicyclic) bond motifs is 1. The SMILES string of the molecule is C=C(c1cc(C)c(N=C(C)C)c(F)c1)c1cc(F)cnc1C.C=C(c1cc2c(cn1)nc(C)n2C(C)C)c1cc(F)cnc1C.CC.CC(C)C. The van der Waals surface area contributed by atoms with E-state index in [2.05, 4.69) is 77.3 Å². The summed E-state index contributed by atoms with van der Waals surface area (Å²) in [4.78, 5) is 21.2. The second-order valence-electron chi connectivity index (χ2n) is 13.1. The van der Waals surface area contributed by atoms with Crippen molar-refractivity contribution in [3.63, 3.8) is 0 Å². The highest BCUT2D eigenvalue weighted by Gasteiger charge is 2.16. The molecule has 1 aromatic carbocycles. The predicted molar refractivity (Wildman–Crippen MR) is 208 cm³/mol. The summed E-state index contributed by atoms with van der Waals surface area (Å²) in [6.07, 6.45) is 4.10. The molecular formula is C42H53F3N6. The Morgan fingerprint density at radius 2 is 1.24 bits per heavy atom. The molecule has 0 N–H and O–H groups in total. The second kappa shape index (κ2) is 18.9. The van der Waals surface area contributed by atoms with E-state index in [4.69, 9.17) is 0 Å². The largest absolute Gasteiger partial charge is 0.326 e. The van der Waals surface area contributed by atoms with Gasteiger partial charge in [0.25, 0.3) is 0 Å². The van der Waals surface area contributed by atoms with Crippen molar-refractivity contribution in [2.24, 2.45) is 10.9 Å². The molecule has 272 valence electrons. The monoisotopic (exact) mass is 698 g/mol. The van der Waals surface area contributed by atoms with Gasteiger partial charge in [-0.05, 0) is 108 Å². The molecule has 0 amide bonds. The molecular weight excluding hydrogens is 645 g/mol. The van der Waals surface area contributed by atoms with Crippen molar-refractivity contribution in [3.8, 4) is 0 Å². The minimum Gasteiger partial charge on any atom is -0.326 e. The van der Waals surface area contributed by atoms with Gasteiger partial charge in [0.2, 0.25) is 0 Å². The van der Waals surface area contributed by atoms with Crippen LogP contribution in [0.1, 0.15) is 114 Å². The molecule has 51 heavy (non-hydrogen) atoms. The first kappa shape index (κ1) is 42.2. The molecule has 4 aromatic heterocycles. The number of imidazole rings is 1. The van der Waals surface area contributed by atoms with E-state index in [0.29, 0.717) is 56.5 Å². The fourth-order valence-electron chi connectivity index (χ4n) is 5.13. The van der Waals surface area contributed by atoms with Crippen molar-refractivity contribution < 1.29 is 13.2 Å². The summed E-state index contributed by atoms with van der Waals surface area (Å²) in [5, 5.41) is 0. The van der Waals surface area contributed by atoms with Crippen LogP contribution in [0.25, 0.3) is 22.2 Å². The second-order valence-corrected chi connectivity index (χ2v) is 13.1. The van der Waals surface area contributed by atoms with Gasteiger partial charge in [0.05, 0.1) is 29.8 Å². The van der Waals surface area contributed by atoms with Gasteiger partial charge in [0.15, 0.2) is 0 Å². The molecule has 0 spiro atoms. The maximum absolute atomic E-state index is 14.3. The lowest BCUT2D eigenvalue weighted by atomic mass is 9.96. The Labute approximate surface area is 302 Å². The molecule has 0 radical (unpaired) electrons. The molecule has 0 fully saturated rings. The molecule has 0 saturated heterocycles. The maximum atomic E-state index is 14.3. The van der Waals surface area contributed by atoms with Crippen LogP contribution in [0.5, 0.6) is 0 Å². The molecule has 0 unspecified atom stereocenters. The highest BCUT2D eigenvalue weighted by atomic mass is 19.1. The molecule has 0 atom stereocenters. The molecule has 0 bridgehead atoms. The minimum absolute atomic E-state index is 0.293. The molecule has 0 aliphatic rings. The van der Waals surface area contributed by atoms with Gasteiger partial charge < -0.3 is 4.57 Å². The number of rotatable bonds is 6. The van der Waals surface area contributed by atoms with Crippen molar-refractivity contribution in [2.45, 2.75) is 96.1 Å². The van der Waals surface area contributed by atoms with E-state index in [1.54, 1.807) is 26.1 Å². The number of hydrogen-bond acceptors (Lipinski definition) is 5. The smallest absolute Gasteiger partial charge is 0.149 e. The topological polar surface area (TPSA) is 68.8 Å². The Morgan fingerprint density at radius 3 is 1.71 bits per heavy atom. The number of halogens is 3. The van der Waals surface area contributed by atoms with E-state index in [-0.39, 0.29) is 5.82 Å². The third kappa shape index (κ3) is 11.3. The van der Waals surface area contributed by atoms with Gasteiger partial charge in [0, 0.05) is 39.8 Å². The van der Waals surface area contributed by atoms with E-state index in [0.717, 1.165) is 40.4 Å². The highest BCUT2D eigenvalue weighted by Crippen LogP contribution is 2.31. The van der Waals surface area contributed by atoms with Crippen LogP contribution >= 0.6 is 0 Å². The zero-order valence-electron chi connectivity index (χ0n) is 32.5. The summed E-state index contributed by atoms with van der Waals surface area (Å²) in [6.45, 7) is 33.8. The first-order chi connectivity index (χ1) is 23.9. The van der Waals surface area contributed by atoms with Crippen molar-refractivity contribution in [2.75, 3.05) is 0 Å². The minimum atomic E-state index is -0.443. The molecule has 0 aliphatic carbocycles. The Balaban J connectivity index is 0.000000307. The lowest BCUT2D eigenvalue weighted by Gasteiger charge is -2.12. The number of aryl methyl sites for hydroxylation is 4. The lowest BCUT2D eigenvalue weighted by molar-refractivity contribution is 0.600. The van der Waals surface area contributed by atoms with E-state index >= 15 is 0 Å². The molecule has 0 saturated carbocycles. The van der Waals surface area contributed by atoms with Gasteiger partial charge in [0.1, 0.15) is 34.5 Å². The number of hydrogen-bond donors (Lipinski definition) is 0. The fraction of sp³-hybridized carbons (Fsp3) is 0.357. The molecule has 9 heteroatoms. The average Bonchev–Trinajstić information content (AvgIpc) is 3.40. The summed E-state index contributed by atoms with van der Waals surface area (Å²) in [6, 6.07) is 8.24. The maximum Gasteiger partial charge on any atom is 0.149 e. The summed E-state index contributed by atoms with van der Waals surface area (Å²) in [5.41, 5.74) is 8.78. The van der Waals surface area contributed by atoms with Gasteiger partial charge in [-0.3, -0.25) is 19.9 Å². The van der Waals surface area contributed by atoms with Gasteiger partial charge in [-0.25, -0.2) is 18.2 Å². The zero-order chi connectivity index (χ0) is 38.7. The van der Waals surface area contributed by atoms with Crippen molar-refractivity contribution in [3.05, 3.63) is 125 Å². The summed E-state index contributed by atoms with van der Waals surface area (Å²) in [5.74, 6) is 0.542. The molecule has 4 heterocycles. The van der Waals surface area contributed by atoms with Gasteiger partial charge in [-0.2, -0.15) is 0 Å². The van der Waals surface area contributed by atoms with Crippen molar-refractivity contribution in [1.82, 2.24) is 24.5 Å². The Morgan fingerprint density at radius 1 is 0.725 bits per heavy atom. The van der Waals surface area contributed by atoms with E-state index in [1.165, 1.54) is 24.4 Å². The predicted octanol–water partition coefficient (Wildman–Crippen LogP) is 12.1. The Kier molecular flexibility index (Phi) is 15.7. The number of benzene rings is 1.